The Morgan fingerprint density at radius 3 is 2.31 bits per heavy atom. The summed E-state index contributed by atoms with van der Waals surface area (Å²) in [6, 6.07) is -0.437. The van der Waals surface area contributed by atoms with Crippen molar-refractivity contribution in [2.75, 3.05) is 20.1 Å². The normalized spacial score (nSPS) is 20.1. The third-order valence-electron chi connectivity index (χ3n) is 2.63. The molecule has 1 aliphatic rings. The third-order valence-corrected chi connectivity index (χ3v) is 2.63. The number of piperidine rings is 1. The van der Waals surface area contributed by atoms with Gasteiger partial charge in [0.2, 0.25) is 0 Å². The van der Waals surface area contributed by atoms with Gasteiger partial charge in [-0.3, -0.25) is 4.79 Å². The number of hydrogen-bond acceptors (Lipinski definition) is 2. The molecular weight excluding hydrogens is 228 g/mol. The Kier molecular flexibility index (Phi) is 4.12. The molecule has 7 heteroatoms. The van der Waals surface area contributed by atoms with Crippen LogP contribution in [0.2, 0.25) is 0 Å². The van der Waals surface area contributed by atoms with E-state index in [0.29, 0.717) is 25.9 Å². The predicted octanol–water partition coefficient (Wildman–Crippen LogP) is 1.10. The van der Waals surface area contributed by atoms with Crippen LogP contribution in [0.4, 0.5) is 17.6 Å². The molecule has 0 spiro atoms. The Morgan fingerprint density at radius 1 is 1.38 bits per heavy atom. The van der Waals surface area contributed by atoms with Crippen LogP contribution in [0.25, 0.3) is 0 Å². The molecule has 1 amide bonds. The van der Waals surface area contributed by atoms with Crippen molar-refractivity contribution in [2.45, 2.75) is 31.2 Å². The second-order valence-corrected chi connectivity index (χ2v) is 3.97. The summed E-state index contributed by atoms with van der Waals surface area (Å²) < 4.78 is 48.9. The van der Waals surface area contributed by atoms with Gasteiger partial charge in [0.25, 0.3) is 5.91 Å². The molecule has 1 fully saturated rings. The molecule has 1 rings (SSSR count). The van der Waals surface area contributed by atoms with Gasteiger partial charge in [-0.15, -0.1) is 0 Å². The minimum atomic E-state index is -4.59. The minimum absolute atomic E-state index is 0.437. The van der Waals surface area contributed by atoms with E-state index in [1.54, 1.807) is 0 Å². The van der Waals surface area contributed by atoms with Gasteiger partial charge >= 0.3 is 12.3 Å². The van der Waals surface area contributed by atoms with Crippen molar-refractivity contribution in [2.24, 2.45) is 0 Å². The molecule has 1 aliphatic heterocycles. The van der Waals surface area contributed by atoms with Crippen LogP contribution in [-0.4, -0.2) is 49.3 Å². The van der Waals surface area contributed by atoms with Crippen molar-refractivity contribution in [1.29, 1.82) is 0 Å². The lowest BCUT2D eigenvalue weighted by atomic mass is 10.1. The van der Waals surface area contributed by atoms with E-state index in [9.17, 15) is 22.4 Å². The van der Waals surface area contributed by atoms with Crippen LogP contribution in [0, 0.1) is 0 Å². The SMILES string of the molecule is CN1CCC(NC(=O)C(F)(F)C(F)F)CC1. The lowest BCUT2D eigenvalue weighted by molar-refractivity contribution is -0.170. The maximum atomic E-state index is 12.6. The van der Waals surface area contributed by atoms with E-state index in [1.165, 1.54) is 0 Å². The number of carbonyl (C=O) groups is 1. The summed E-state index contributed by atoms with van der Waals surface area (Å²) in [4.78, 5) is 12.9. The zero-order valence-corrected chi connectivity index (χ0v) is 8.85. The van der Waals surface area contributed by atoms with Gasteiger partial charge in [0.15, 0.2) is 0 Å². The van der Waals surface area contributed by atoms with E-state index in [0.717, 1.165) is 0 Å². The highest BCUT2D eigenvalue weighted by atomic mass is 19.3. The zero-order chi connectivity index (χ0) is 12.3. The number of alkyl halides is 4. The number of nitrogens with one attached hydrogen (secondary N) is 1. The van der Waals surface area contributed by atoms with Gasteiger partial charge < -0.3 is 10.2 Å². The van der Waals surface area contributed by atoms with Crippen molar-refractivity contribution in [3.8, 4) is 0 Å². The third kappa shape index (κ3) is 3.07. The topological polar surface area (TPSA) is 32.3 Å². The maximum Gasteiger partial charge on any atom is 0.383 e. The first kappa shape index (κ1) is 13.2. The molecule has 1 heterocycles. The second kappa shape index (κ2) is 4.99. The van der Waals surface area contributed by atoms with Crippen molar-refractivity contribution in [1.82, 2.24) is 10.2 Å². The first-order valence-electron chi connectivity index (χ1n) is 4.99. The van der Waals surface area contributed by atoms with E-state index in [-0.39, 0.29) is 0 Å². The monoisotopic (exact) mass is 242 g/mol. The van der Waals surface area contributed by atoms with Crippen LogP contribution >= 0.6 is 0 Å². The zero-order valence-electron chi connectivity index (χ0n) is 8.85. The van der Waals surface area contributed by atoms with Crippen LogP contribution in [0.3, 0.4) is 0 Å². The number of amides is 1. The quantitative estimate of drug-likeness (QED) is 0.751. The molecule has 1 saturated heterocycles. The molecule has 0 radical (unpaired) electrons. The number of hydrogen-bond donors (Lipinski definition) is 1. The Balaban J connectivity index is 2.46. The van der Waals surface area contributed by atoms with Crippen molar-refractivity contribution in [3.05, 3.63) is 0 Å². The minimum Gasteiger partial charge on any atom is -0.348 e. The van der Waals surface area contributed by atoms with E-state index in [2.05, 4.69) is 0 Å². The van der Waals surface area contributed by atoms with Gasteiger partial charge in [-0.05, 0) is 33.0 Å². The average molecular weight is 242 g/mol. The molecule has 0 bridgehead atoms. The first-order chi connectivity index (χ1) is 7.34. The molecular formula is C9H14F4N2O. The van der Waals surface area contributed by atoms with Crippen molar-refractivity contribution in [3.63, 3.8) is 0 Å². The standard InChI is InChI=1S/C9H14F4N2O/c1-15-4-2-6(3-5-15)14-8(16)9(12,13)7(10)11/h6-7H,2-5H2,1H3,(H,14,16). The number of rotatable bonds is 3. The number of halogens is 4. The summed E-state index contributed by atoms with van der Waals surface area (Å²) in [7, 11) is 1.87. The molecule has 0 aromatic carbocycles. The molecule has 0 saturated carbocycles. The van der Waals surface area contributed by atoms with Gasteiger partial charge in [0.05, 0.1) is 0 Å². The lowest BCUT2D eigenvalue weighted by Gasteiger charge is -2.30. The van der Waals surface area contributed by atoms with Crippen LogP contribution < -0.4 is 5.32 Å². The van der Waals surface area contributed by atoms with Gasteiger partial charge in [0, 0.05) is 6.04 Å². The van der Waals surface area contributed by atoms with E-state index in [1.807, 2.05) is 17.3 Å². The molecule has 16 heavy (non-hydrogen) atoms. The molecule has 1 N–H and O–H groups in total. The highest BCUT2D eigenvalue weighted by Crippen LogP contribution is 2.23. The fourth-order valence-electron chi connectivity index (χ4n) is 1.53. The number of carbonyl (C=O) groups excluding carboxylic acids is 1. The summed E-state index contributed by atoms with van der Waals surface area (Å²) >= 11 is 0. The molecule has 0 aromatic heterocycles. The number of nitrogens with zero attached hydrogens (tertiary/aromatic N) is 1. The van der Waals surface area contributed by atoms with Crippen LogP contribution in [0.15, 0.2) is 0 Å². The highest BCUT2D eigenvalue weighted by Gasteiger charge is 2.49. The Hall–Kier alpha value is -0.850. The summed E-state index contributed by atoms with van der Waals surface area (Å²) in [5.74, 6) is -6.47. The molecule has 0 unspecified atom stereocenters. The summed E-state index contributed by atoms with van der Waals surface area (Å²) in [5, 5.41) is 1.97. The van der Waals surface area contributed by atoms with E-state index in [4.69, 9.17) is 0 Å². The van der Waals surface area contributed by atoms with Crippen LogP contribution in [0.5, 0.6) is 0 Å². The molecule has 0 aliphatic carbocycles. The molecule has 3 nitrogen and oxygen atoms in total. The summed E-state index contributed by atoms with van der Waals surface area (Å²) in [6.07, 6.45) is -2.96. The second-order valence-electron chi connectivity index (χ2n) is 3.97. The van der Waals surface area contributed by atoms with Gasteiger partial charge in [-0.25, -0.2) is 8.78 Å². The van der Waals surface area contributed by atoms with Gasteiger partial charge in [0.1, 0.15) is 0 Å². The van der Waals surface area contributed by atoms with E-state index >= 15 is 0 Å². The molecule has 0 aromatic rings. The average Bonchev–Trinajstić information content (AvgIpc) is 2.21. The summed E-state index contributed by atoms with van der Waals surface area (Å²) in [5.41, 5.74) is 0. The number of likely N-dealkylation sites (tertiary alicyclic amines) is 1. The predicted molar refractivity (Wildman–Crippen MR) is 49.6 cm³/mol. The maximum absolute atomic E-state index is 12.6. The largest absolute Gasteiger partial charge is 0.383 e. The molecule has 0 atom stereocenters. The Labute approximate surface area is 90.8 Å². The van der Waals surface area contributed by atoms with Gasteiger partial charge in [-0.1, -0.05) is 0 Å². The van der Waals surface area contributed by atoms with Gasteiger partial charge in [-0.2, -0.15) is 8.78 Å². The fourth-order valence-corrected chi connectivity index (χ4v) is 1.53. The Bertz CT molecular complexity index is 252. The van der Waals surface area contributed by atoms with Crippen LogP contribution in [0.1, 0.15) is 12.8 Å². The summed E-state index contributed by atoms with van der Waals surface area (Å²) in [6.45, 7) is 1.32. The van der Waals surface area contributed by atoms with Crippen molar-refractivity contribution >= 4 is 5.91 Å². The van der Waals surface area contributed by atoms with Crippen molar-refractivity contribution < 1.29 is 22.4 Å². The Morgan fingerprint density at radius 2 is 1.88 bits per heavy atom. The lowest BCUT2D eigenvalue weighted by Crippen LogP contribution is -2.51. The van der Waals surface area contributed by atoms with Crippen LogP contribution in [-0.2, 0) is 4.79 Å². The smallest absolute Gasteiger partial charge is 0.348 e. The highest BCUT2D eigenvalue weighted by molar-refractivity contribution is 5.84. The molecule has 94 valence electrons. The first-order valence-corrected chi connectivity index (χ1v) is 4.99. The van der Waals surface area contributed by atoms with E-state index < -0.39 is 24.3 Å². The fraction of sp³-hybridized carbons (Fsp3) is 0.889.